The van der Waals surface area contributed by atoms with Crippen molar-refractivity contribution in [3.05, 3.63) is 41.9 Å². The second-order valence-corrected chi connectivity index (χ2v) is 3.14. The number of oxazole rings is 1. The molecule has 0 radical (unpaired) electrons. The molecule has 5 heteroatoms. The Bertz CT molecular complexity index is 528. The SMILES string of the molecule is Cc1cnc(COc2ccncc2C#N)o1. The van der Waals surface area contributed by atoms with E-state index in [1.807, 2.05) is 13.0 Å². The van der Waals surface area contributed by atoms with Gasteiger partial charge in [-0.25, -0.2) is 4.98 Å². The van der Waals surface area contributed by atoms with Crippen LogP contribution in [0.2, 0.25) is 0 Å². The first-order chi connectivity index (χ1) is 7.79. The summed E-state index contributed by atoms with van der Waals surface area (Å²) in [6.45, 7) is 2.01. The minimum absolute atomic E-state index is 0.201. The number of nitrogens with zero attached hydrogens (tertiary/aromatic N) is 3. The maximum atomic E-state index is 8.81. The molecule has 0 N–H and O–H groups in total. The Morgan fingerprint density at radius 2 is 2.38 bits per heavy atom. The van der Waals surface area contributed by atoms with Crippen molar-refractivity contribution in [2.45, 2.75) is 13.5 Å². The summed E-state index contributed by atoms with van der Waals surface area (Å²) >= 11 is 0. The van der Waals surface area contributed by atoms with Gasteiger partial charge < -0.3 is 9.15 Å². The smallest absolute Gasteiger partial charge is 0.232 e. The summed E-state index contributed by atoms with van der Waals surface area (Å²) in [5.74, 6) is 1.69. The molecule has 0 amide bonds. The summed E-state index contributed by atoms with van der Waals surface area (Å²) in [7, 11) is 0. The van der Waals surface area contributed by atoms with Gasteiger partial charge in [-0.15, -0.1) is 0 Å². The third kappa shape index (κ3) is 2.17. The van der Waals surface area contributed by atoms with Crippen LogP contribution in [0.4, 0.5) is 0 Å². The Labute approximate surface area is 92.3 Å². The van der Waals surface area contributed by atoms with E-state index in [2.05, 4.69) is 9.97 Å². The van der Waals surface area contributed by atoms with Gasteiger partial charge in [-0.2, -0.15) is 5.26 Å². The van der Waals surface area contributed by atoms with E-state index >= 15 is 0 Å². The van der Waals surface area contributed by atoms with Crippen LogP contribution in [-0.2, 0) is 6.61 Å². The fraction of sp³-hybridized carbons (Fsp3) is 0.182. The number of hydrogen-bond acceptors (Lipinski definition) is 5. The second-order valence-electron chi connectivity index (χ2n) is 3.14. The monoisotopic (exact) mass is 215 g/mol. The molecule has 0 spiro atoms. The Kier molecular flexibility index (Phi) is 2.83. The van der Waals surface area contributed by atoms with Crippen LogP contribution in [0.1, 0.15) is 17.2 Å². The van der Waals surface area contributed by atoms with Crippen molar-refractivity contribution >= 4 is 0 Å². The van der Waals surface area contributed by atoms with E-state index in [1.165, 1.54) is 6.20 Å². The van der Waals surface area contributed by atoms with Crippen LogP contribution in [0.15, 0.2) is 29.1 Å². The van der Waals surface area contributed by atoms with Gasteiger partial charge >= 0.3 is 0 Å². The van der Waals surface area contributed by atoms with Crippen LogP contribution in [0, 0.1) is 18.3 Å². The topological polar surface area (TPSA) is 71.9 Å². The van der Waals surface area contributed by atoms with E-state index in [9.17, 15) is 0 Å². The van der Waals surface area contributed by atoms with Crippen LogP contribution in [0.5, 0.6) is 5.75 Å². The van der Waals surface area contributed by atoms with Crippen molar-refractivity contribution in [1.29, 1.82) is 5.26 Å². The van der Waals surface area contributed by atoms with Gasteiger partial charge in [-0.05, 0) is 13.0 Å². The molecule has 0 bridgehead atoms. The Balaban J connectivity index is 2.08. The van der Waals surface area contributed by atoms with Crippen molar-refractivity contribution in [3.63, 3.8) is 0 Å². The van der Waals surface area contributed by atoms with Crippen LogP contribution >= 0.6 is 0 Å². The minimum atomic E-state index is 0.201. The van der Waals surface area contributed by atoms with Gasteiger partial charge in [0.05, 0.1) is 6.20 Å². The maximum Gasteiger partial charge on any atom is 0.232 e. The Hall–Kier alpha value is -2.35. The highest BCUT2D eigenvalue weighted by Crippen LogP contribution is 2.16. The van der Waals surface area contributed by atoms with E-state index in [0.717, 1.165) is 5.76 Å². The molecular weight excluding hydrogens is 206 g/mol. The number of pyridine rings is 1. The molecule has 0 aliphatic heterocycles. The first kappa shape index (κ1) is 10.2. The van der Waals surface area contributed by atoms with E-state index < -0.39 is 0 Å². The van der Waals surface area contributed by atoms with Gasteiger partial charge in [0.2, 0.25) is 5.89 Å². The zero-order valence-electron chi connectivity index (χ0n) is 8.67. The van der Waals surface area contributed by atoms with Crippen LogP contribution in [0.25, 0.3) is 0 Å². The first-order valence-electron chi connectivity index (χ1n) is 4.68. The average Bonchev–Trinajstić information content (AvgIpc) is 2.73. The molecule has 0 atom stereocenters. The largest absolute Gasteiger partial charge is 0.482 e. The quantitative estimate of drug-likeness (QED) is 0.780. The number of aryl methyl sites for hydroxylation is 1. The molecule has 5 nitrogen and oxygen atoms in total. The van der Waals surface area contributed by atoms with Crippen molar-refractivity contribution < 1.29 is 9.15 Å². The Morgan fingerprint density at radius 1 is 1.50 bits per heavy atom. The van der Waals surface area contributed by atoms with Crippen molar-refractivity contribution in [2.24, 2.45) is 0 Å². The lowest BCUT2D eigenvalue weighted by Crippen LogP contribution is -1.97. The van der Waals surface area contributed by atoms with Crippen LogP contribution in [0.3, 0.4) is 0 Å². The molecule has 2 aromatic rings. The highest BCUT2D eigenvalue weighted by Gasteiger charge is 2.05. The molecule has 0 unspecified atom stereocenters. The number of nitriles is 1. The molecule has 16 heavy (non-hydrogen) atoms. The van der Waals surface area contributed by atoms with Gasteiger partial charge in [-0.1, -0.05) is 0 Å². The van der Waals surface area contributed by atoms with Crippen molar-refractivity contribution in [3.8, 4) is 11.8 Å². The first-order valence-corrected chi connectivity index (χ1v) is 4.68. The van der Waals surface area contributed by atoms with Crippen LogP contribution in [-0.4, -0.2) is 9.97 Å². The zero-order chi connectivity index (χ0) is 11.4. The molecule has 80 valence electrons. The summed E-state index contributed by atoms with van der Waals surface area (Å²) in [5.41, 5.74) is 0.394. The molecule has 0 aliphatic rings. The average molecular weight is 215 g/mol. The predicted octanol–water partition coefficient (Wildman–Crippen LogP) is 1.83. The standard InChI is InChI=1S/C11H9N3O2/c1-8-5-14-11(16-8)7-15-10-2-3-13-6-9(10)4-12/h2-3,5-6H,7H2,1H3. The van der Waals surface area contributed by atoms with E-state index in [-0.39, 0.29) is 6.61 Å². The van der Waals surface area contributed by atoms with Gasteiger partial charge in [0.15, 0.2) is 6.61 Å². The summed E-state index contributed by atoms with van der Waals surface area (Å²) < 4.78 is 10.7. The summed E-state index contributed by atoms with van der Waals surface area (Å²) in [6, 6.07) is 3.63. The van der Waals surface area contributed by atoms with Gasteiger partial charge in [0, 0.05) is 12.4 Å². The predicted molar refractivity (Wildman–Crippen MR) is 54.5 cm³/mol. The lowest BCUT2D eigenvalue weighted by Gasteiger charge is -2.03. The van der Waals surface area contributed by atoms with Gasteiger partial charge in [0.25, 0.3) is 0 Å². The molecule has 0 saturated carbocycles. The highest BCUT2D eigenvalue weighted by molar-refractivity contribution is 5.39. The fourth-order valence-electron chi connectivity index (χ4n) is 1.20. The number of aromatic nitrogens is 2. The van der Waals surface area contributed by atoms with Crippen LogP contribution < -0.4 is 4.74 Å². The molecule has 0 aliphatic carbocycles. The van der Waals surface area contributed by atoms with E-state index in [4.69, 9.17) is 14.4 Å². The number of rotatable bonds is 3. The molecule has 0 aromatic carbocycles. The lowest BCUT2D eigenvalue weighted by atomic mass is 10.3. The summed E-state index contributed by atoms with van der Waals surface area (Å²) in [5, 5.41) is 8.81. The fourth-order valence-corrected chi connectivity index (χ4v) is 1.20. The molecule has 2 aromatic heterocycles. The normalized spacial score (nSPS) is 9.75. The number of ether oxygens (including phenoxy) is 1. The Morgan fingerprint density at radius 3 is 3.06 bits per heavy atom. The third-order valence-electron chi connectivity index (χ3n) is 1.92. The highest BCUT2D eigenvalue weighted by atomic mass is 16.5. The molecule has 2 heterocycles. The molecule has 2 rings (SSSR count). The van der Waals surface area contributed by atoms with E-state index in [0.29, 0.717) is 17.2 Å². The molecule has 0 fully saturated rings. The zero-order valence-corrected chi connectivity index (χ0v) is 8.67. The minimum Gasteiger partial charge on any atom is -0.482 e. The summed E-state index contributed by atoms with van der Waals surface area (Å²) in [4.78, 5) is 7.83. The third-order valence-corrected chi connectivity index (χ3v) is 1.92. The lowest BCUT2D eigenvalue weighted by molar-refractivity contribution is 0.259. The second kappa shape index (κ2) is 4.45. The van der Waals surface area contributed by atoms with Gasteiger partial charge in [0.1, 0.15) is 23.1 Å². The summed E-state index contributed by atoms with van der Waals surface area (Å²) in [6.07, 6.45) is 4.64. The van der Waals surface area contributed by atoms with Crippen molar-refractivity contribution in [2.75, 3.05) is 0 Å². The molecule has 0 saturated heterocycles. The maximum absolute atomic E-state index is 8.81. The molecular formula is C11H9N3O2. The van der Waals surface area contributed by atoms with Gasteiger partial charge in [-0.3, -0.25) is 4.98 Å². The number of hydrogen-bond donors (Lipinski definition) is 0. The van der Waals surface area contributed by atoms with E-state index in [1.54, 1.807) is 18.5 Å². The van der Waals surface area contributed by atoms with Crippen molar-refractivity contribution in [1.82, 2.24) is 9.97 Å².